The Morgan fingerprint density at radius 3 is 2.56 bits per heavy atom. The predicted octanol–water partition coefficient (Wildman–Crippen LogP) is 5.15. The molecule has 0 aliphatic rings. The van der Waals surface area contributed by atoms with Crippen LogP contribution in [0.25, 0.3) is 0 Å². The second-order valence-corrected chi connectivity index (χ2v) is 4.24. The van der Waals surface area contributed by atoms with Gasteiger partial charge in [-0.3, -0.25) is 0 Å². The summed E-state index contributed by atoms with van der Waals surface area (Å²) in [5, 5.41) is 0.427. The Balaban J connectivity index is 2.39. The number of benzene rings is 2. The Morgan fingerprint density at radius 1 is 1.06 bits per heavy atom. The molecular weight excluding hydrogens is 281 g/mol. The maximum Gasteiger partial charge on any atom is 0.201 e. The first-order valence-electron chi connectivity index (χ1n) is 5.08. The molecule has 0 atom stereocenters. The van der Waals surface area contributed by atoms with E-state index in [4.69, 9.17) is 27.9 Å². The van der Waals surface area contributed by atoms with E-state index in [1.54, 1.807) is 12.1 Å². The molecule has 1 nitrogen and oxygen atoms in total. The largest absolute Gasteiger partial charge is 0.454 e. The number of alkyl halides is 1. The molecule has 0 spiro atoms. The van der Waals surface area contributed by atoms with Crippen LogP contribution in [0, 0.1) is 11.6 Å². The lowest BCUT2D eigenvalue weighted by atomic mass is 10.2. The van der Waals surface area contributed by atoms with Crippen LogP contribution in [0.1, 0.15) is 5.56 Å². The minimum absolute atomic E-state index is 0.184. The van der Waals surface area contributed by atoms with Gasteiger partial charge in [0.25, 0.3) is 0 Å². The van der Waals surface area contributed by atoms with Gasteiger partial charge in [-0.05, 0) is 24.3 Å². The third-order valence-corrected chi connectivity index (χ3v) is 2.83. The third kappa shape index (κ3) is 2.74. The number of hydrogen-bond acceptors (Lipinski definition) is 1. The summed E-state index contributed by atoms with van der Waals surface area (Å²) in [4.78, 5) is 0. The van der Waals surface area contributed by atoms with Crippen molar-refractivity contribution in [3.8, 4) is 11.5 Å². The zero-order chi connectivity index (χ0) is 13.1. The molecule has 0 fully saturated rings. The van der Waals surface area contributed by atoms with Gasteiger partial charge in [0.2, 0.25) is 5.82 Å². The van der Waals surface area contributed by atoms with Crippen LogP contribution in [0.4, 0.5) is 8.78 Å². The summed E-state index contributed by atoms with van der Waals surface area (Å²) in [6.07, 6.45) is 0. The molecule has 0 amide bonds. The van der Waals surface area contributed by atoms with Crippen LogP contribution < -0.4 is 4.74 Å². The van der Waals surface area contributed by atoms with E-state index >= 15 is 0 Å². The van der Waals surface area contributed by atoms with Crippen molar-refractivity contribution in [3.63, 3.8) is 0 Å². The molecule has 0 aliphatic heterocycles. The summed E-state index contributed by atoms with van der Waals surface area (Å²) < 4.78 is 31.8. The molecule has 0 saturated carbocycles. The van der Waals surface area contributed by atoms with Gasteiger partial charge in [0.1, 0.15) is 5.75 Å². The first kappa shape index (κ1) is 13.1. The topological polar surface area (TPSA) is 9.23 Å². The van der Waals surface area contributed by atoms with E-state index in [0.717, 1.165) is 6.07 Å². The van der Waals surface area contributed by atoms with Gasteiger partial charge in [-0.25, -0.2) is 4.39 Å². The maximum absolute atomic E-state index is 13.5. The van der Waals surface area contributed by atoms with Crippen molar-refractivity contribution in [1.82, 2.24) is 0 Å². The lowest BCUT2D eigenvalue weighted by molar-refractivity contribution is 0.414. The van der Waals surface area contributed by atoms with E-state index in [-0.39, 0.29) is 11.6 Å². The van der Waals surface area contributed by atoms with E-state index in [0.29, 0.717) is 16.3 Å². The maximum atomic E-state index is 13.5. The van der Waals surface area contributed by atoms with Crippen LogP contribution in [0.3, 0.4) is 0 Å². The SMILES string of the molecule is Fc1cccc(Oc2cc(Cl)ccc2CCl)c1F. The molecule has 94 valence electrons. The quantitative estimate of drug-likeness (QED) is 0.710. The van der Waals surface area contributed by atoms with Gasteiger partial charge in [-0.1, -0.05) is 23.7 Å². The van der Waals surface area contributed by atoms with Crippen molar-refractivity contribution in [1.29, 1.82) is 0 Å². The van der Waals surface area contributed by atoms with Crippen LogP contribution in [-0.2, 0) is 5.88 Å². The molecule has 0 N–H and O–H groups in total. The molecule has 0 aliphatic carbocycles. The summed E-state index contributed by atoms with van der Waals surface area (Å²) in [6.45, 7) is 0. The monoisotopic (exact) mass is 288 g/mol. The number of rotatable bonds is 3. The van der Waals surface area contributed by atoms with Crippen LogP contribution >= 0.6 is 23.2 Å². The summed E-state index contributed by atoms with van der Waals surface area (Å²) in [5.41, 5.74) is 0.643. The standard InChI is InChI=1S/C13H8Cl2F2O/c14-7-8-4-5-9(15)6-12(8)18-11-3-1-2-10(16)13(11)17/h1-6H,7H2. The Labute approximate surface area is 113 Å². The first-order chi connectivity index (χ1) is 8.61. The van der Waals surface area contributed by atoms with Crippen molar-refractivity contribution in [2.24, 2.45) is 0 Å². The van der Waals surface area contributed by atoms with E-state index in [1.807, 2.05) is 0 Å². The zero-order valence-corrected chi connectivity index (χ0v) is 10.6. The zero-order valence-electron chi connectivity index (χ0n) is 9.09. The summed E-state index contributed by atoms with van der Waals surface area (Å²) >= 11 is 11.6. The molecule has 0 heterocycles. The van der Waals surface area contributed by atoms with Gasteiger partial charge in [0.15, 0.2) is 11.6 Å². The highest BCUT2D eigenvalue weighted by Gasteiger charge is 2.12. The van der Waals surface area contributed by atoms with Gasteiger partial charge < -0.3 is 4.74 Å². The third-order valence-electron chi connectivity index (χ3n) is 2.31. The van der Waals surface area contributed by atoms with Crippen LogP contribution in [0.5, 0.6) is 11.5 Å². The fourth-order valence-electron chi connectivity index (χ4n) is 1.42. The summed E-state index contributed by atoms with van der Waals surface area (Å²) in [6, 6.07) is 8.53. The lowest BCUT2D eigenvalue weighted by Gasteiger charge is -2.10. The molecule has 0 radical (unpaired) electrons. The Kier molecular flexibility index (Phi) is 4.04. The molecule has 2 aromatic carbocycles. The molecule has 0 bridgehead atoms. The van der Waals surface area contributed by atoms with Crippen molar-refractivity contribution in [3.05, 3.63) is 58.6 Å². The minimum atomic E-state index is -1.04. The molecular formula is C13H8Cl2F2O. The fourth-order valence-corrected chi connectivity index (χ4v) is 1.80. The average Bonchev–Trinajstić information content (AvgIpc) is 2.35. The lowest BCUT2D eigenvalue weighted by Crippen LogP contribution is -1.94. The smallest absolute Gasteiger partial charge is 0.201 e. The Morgan fingerprint density at radius 2 is 1.83 bits per heavy atom. The van der Waals surface area contributed by atoms with Gasteiger partial charge in [0.05, 0.1) is 5.88 Å². The highest BCUT2D eigenvalue weighted by Crippen LogP contribution is 2.31. The molecule has 0 aromatic heterocycles. The van der Waals surface area contributed by atoms with Crippen molar-refractivity contribution >= 4 is 23.2 Å². The van der Waals surface area contributed by atoms with Gasteiger partial charge in [-0.2, -0.15) is 4.39 Å². The number of ether oxygens (including phenoxy) is 1. The normalized spacial score (nSPS) is 10.4. The number of hydrogen-bond donors (Lipinski definition) is 0. The summed E-state index contributed by atoms with van der Waals surface area (Å²) in [7, 11) is 0. The highest BCUT2D eigenvalue weighted by atomic mass is 35.5. The van der Waals surface area contributed by atoms with E-state index < -0.39 is 11.6 Å². The molecule has 0 unspecified atom stereocenters. The molecule has 0 saturated heterocycles. The molecule has 2 aromatic rings. The van der Waals surface area contributed by atoms with Crippen molar-refractivity contribution < 1.29 is 13.5 Å². The summed E-state index contributed by atoms with van der Waals surface area (Å²) in [5.74, 6) is -1.73. The fraction of sp³-hybridized carbons (Fsp3) is 0.0769. The second-order valence-electron chi connectivity index (χ2n) is 3.54. The Bertz CT molecular complexity index is 573. The van der Waals surface area contributed by atoms with E-state index in [1.165, 1.54) is 18.2 Å². The van der Waals surface area contributed by atoms with E-state index in [9.17, 15) is 8.78 Å². The van der Waals surface area contributed by atoms with Crippen molar-refractivity contribution in [2.45, 2.75) is 5.88 Å². The van der Waals surface area contributed by atoms with Crippen LogP contribution in [0.15, 0.2) is 36.4 Å². The van der Waals surface area contributed by atoms with Gasteiger partial charge in [0, 0.05) is 10.6 Å². The molecule has 18 heavy (non-hydrogen) atoms. The predicted molar refractivity (Wildman–Crippen MR) is 67.4 cm³/mol. The second kappa shape index (κ2) is 5.55. The van der Waals surface area contributed by atoms with E-state index in [2.05, 4.69) is 0 Å². The average molecular weight is 289 g/mol. The first-order valence-corrected chi connectivity index (χ1v) is 5.99. The molecule has 2 rings (SSSR count). The van der Waals surface area contributed by atoms with Crippen LogP contribution in [0.2, 0.25) is 5.02 Å². The molecule has 5 heteroatoms. The highest BCUT2D eigenvalue weighted by molar-refractivity contribution is 6.30. The van der Waals surface area contributed by atoms with Crippen molar-refractivity contribution in [2.75, 3.05) is 0 Å². The minimum Gasteiger partial charge on any atom is -0.454 e. The Hall–Kier alpha value is -1.32. The number of halogens is 4. The van der Waals surface area contributed by atoms with Gasteiger partial charge in [-0.15, -0.1) is 11.6 Å². The van der Waals surface area contributed by atoms with Gasteiger partial charge >= 0.3 is 0 Å². The van der Waals surface area contributed by atoms with Crippen LogP contribution in [-0.4, -0.2) is 0 Å².